The summed E-state index contributed by atoms with van der Waals surface area (Å²) in [6.07, 6.45) is 0. The Labute approximate surface area is 117 Å². The molecule has 1 aromatic rings. The molecule has 96 valence electrons. The molecule has 0 aromatic heterocycles. The van der Waals surface area contributed by atoms with E-state index in [4.69, 9.17) is 5.11 Å². The smallest absolute Gasteiger partial charge is 0.336 e. The predicted molar refractivity (Wildman–Crippen MR) is 74.7 cm³/mol. The van der Waals surface area contributed by atoms with Crippen LogP contribution in [0.4, 0.5) is 11.4 Å². The molecule has 7 heteroatoms. The summed E-state index contributed by atoms with van der Waals surface area (Å²) in [7, 11) is 0. The van der Waals surface area contributed by atoms with Gasteiger partial charge in [0.1, 0.15) is 0 Å². The van der Waals surface area contributed by atoms with Gasteiger partial charge in [0.25, 0.3) is 0 Å². The first-order valence-corrected chi connectivity index (χ1v) is 6.01. The van der Waals surface area contributed by atoms with E-state index < -0.39 is 5.97 Å². The Morgan fingerprint density at radius 1 is 1.11 bits per heavy atom. The van der Waals surface area contributed by atoms with E-state index in [1.807, 2.05) is 22.6 Å². The fourth-order valence-corrected chi connectivity index (χ4v) is 2.01. The van der Waals surface area contributed by atoms with Crippen molar-refractivity contribution in [3.8, 4) is 0 Å². The standard InChI is InChI=1S/C11H11IN2O4/c1-5(15)13-7-3-8(11(17)18)10(12)9(4-7)14-6(2)16/h3-4H,1-2H3,(H,13,15)(H,14,16)(H,17,18). The van der Waals surface area contributed by atoms with Crippen LogP contribution < -0.4 is 10.6 Å². The van der Waals surface area contributed by atoms with Crippen molar-refractivity contribution in [2.75, 3.05) is 10.6 Å². The van der Waals surface area contributed by atoms with Gasteiger partial charge >= 0.3 is 5.97 Å². The van der Waals surface area contributed by atoms with Crippen LogP contribution in [0.15, 0.2) is 12.1 Å². The fourth-order valence-electron chi connectivity index (χ4n) is 1.34. The number of hydrogen-bond acceptors (Lipinski definition) is 3. The van der Waals surface area contributed by atoms with Crippen molar-refractivity contribution in [3.63, 3.8) is 0 Å². The average molecular weight is 362 g/mol. The summed E-state index contributed by atoms with van der Waals surface area (Å²) in [4.78, 5) is 33.1. The molecule has 0 atom stereocenters. The molecule has 1 aromatic carbocycles. The molecular weight excluding hydrogens is 351 g/mol. The molecule has 0 bridgehead atoms. The first kappa shape index (κ1) is 14.4. The molecule has 0 aliphatic heterocycles. The zero-order valence-electron chi connectivity index (χ0n) is 9.70. The zero-order chi connectivity index (χ0) is 13.9. The Balaban J connectivity index is 3.31. The van der Waals surface area contributed by atoms with Crippen molar-refractivity contribution in [3.05, 3.63) is 21.3 Å². The molecular formula is C11H11IN2O4. The van der Waals surface area contributed by atoms with Gasteiger partial charge in [0, 0.05) is 19.5 Å². The second kappa shape index (κ2) is 5.80. The highest BCUT2D eigenvalue weighted by Crippen LogP contribution is 2.27. The highest BCUT2D eigenvalue weighted by molar-refractivity contribution is 14.1. The number of hydrogen-bond donors (Lipinski definition) is 3. The number of halogens is 1. The quantitative estimate of drug-likeness (QED) is 0.716. The van der Waals surface area contributed by atoms with Gasteiger partial charge in [-0.3, -0.25) is 9.59 Å². The maximum Gasteiger partial charge on any atom is 0.336 e. The average Bonchev–Trinajstić information content (AvgIpc) is 2.20. The van der Waals surface area contributed by atoms with Crippen LogP contribution in [0, 0.1) is 3.57 Å². The Kier molecular flexibility index (Phi) is 4.65. The van der Waals surface area contributed by atoms with E-state index in [0.29, 0.717) is 14.9 Å². The molecule has 0 aliphatic rings. The third-order valence-corrected chi connectivity index (χ3v) is 3.10. The molecule has 0 heterocycles. The lowest BCUT2D eigenvalue weighted by Gasteiger charge is -2.11. The second-order valence-corrected chi connectivity index (χ2v) is 4.63. The van der Waals surface area contributed by atoms with Crippen molar-refractivity contribution in [1.82, 2.24) is 0 Å². The van der Waals surface area contributed by atoms with Crippen LogP contribution in [0.5, 0.6) is 0 Å². The van der Waals surface area contributed by atoms with Crippen molar-refractivity contribution in [2.45, 2.75) is 13.8 Å². The fraction of sp³-hybridized carbons (Fsp3) is 0.182. The minimum absolute atomic E-state index is 0.0191. The van der Waals surface area contributed by atoms with Gasteiger partial charge in [-0.25, -0.2) is 4.79 Å². The normalized spacial score (nSPS) is 9.72. The molecule has 0 unspecified atom stereocenters. The highest BCUT2D eigenvalue weighted by Gasteiger charge is 2.15. The van der Waals surface area contributed by atoms with Crippen molar-refractivity contribution < 1.29 is 19.5 Å². The van der Waals surface area contributed by atoms with Crippen LogP contribution in [0.25, 0.3) is 0 Å². The number of aromatic carboxylic acids is 1. The van der Waals surface area contributed by atoms with Crippen LogP contribution in [-0.2, 0) is 9.59 Å². The van der Waals surface area contributed by atoms with E-state index >= 15 is 0 Å². The third kappa shape index (κ3) is 3.69. The van der Waals surface area contributed by atoms with E-state index in [1.54, 1.807) is 0 Å². The summed E-state index contributed by atoms with van der Waals surface area (Å²) in [5.41, 5.74) is 0.696. The van der Waals surface area contributed by atoms with Crippen LogP contribution in [-0.4, -0.2) is 22.9 Å². The number of nitrogens with one attached hydrogen (secondary N) is 2. The van der Waals surface area contributed by atoms with Crippen molar-refractivity contribution in [2.24, 2.45) is 0 Å². The molecule has 3 N–H and O–H groups in total. The number of benzene rings is 1. The van der Waals surface area contributed by atoms with Gasteiger partial charge in [0.05, 0.1) is 14.8 Å². The van der Waals surface area contributed by atoms with E-state index in [2.05, 4.69) is 10.6 Å². The molecule has 1 rings (SSSR count). The molecule has 0 spiro atoms. The highest BCUT2D eigenvalue weighted by atomic mass is 127. The number of carbonyl (C=O) groups is 3. The van der Waals surface area contributed by atoms with Gasteiger partial charge in [0.2, 0.25) is 11.8 Å². The number of amides is 2. The van der Waals surface area contributed by atoms with Gasteiger partial charge in [-0.15, -0.1) is 0 Å². The lowest BCUT2D eigenvalue weighted by atomic mass is 10.1. The molecule has 0 saturated heterocycles. The molecule has 0 aliphatic carbocycles. The molecule has 0 fully saturated rings. The first-order chi connectivity index (χ1) is 8.31. The van der Waals surface area contributed by atoms with Crippen LogP contribution in [0.2, 0.25) is 0 Å². The van der Waals surface area contributed by atoms with Gasteiger partial charge in [0.15, 0.2) is 0 Å². The number of carbonyl (C=O) groups excluding carboxylic acids is 2. The number of anilines is 2. The summed E-state index contributed by atoms with van der Waals surface area (Å²) in [6.45, 7) is 2.64. The summed E-state index contributed by atoms with van der Waals surface area (Å²) in [5, 5.41) is 14.1. The van der Waals surface area contributed by atoms with E-state index in [1.165, 1.54) is 26.0 Å². The van der Waals surface area contributed by atoms with Gasteiger partial charge in [-0.1, -0.05) is 0 Å². The van der Waals surface area contributed by atoms with E-state index in [0.717, 1.165) is 0 Å². The van der Waals surface area contributed by atoms with Crippen LogP contribution in [0.3, 0.4) is 0 Å². The first-order valence-electron chi connectivity index (χ1n) is 4.93. The number of carboxylic acids is 1. The van der Waals surface area contributed by atoms with Crippen molar-refractivity contribution >= 4 is 51.7 Å². The summed E-state index contributed by atoms with van der Waals surface area (Å²) < 4.78 is 0.407. The van der Waals surface area contributed by atoms with Gasteiger partial charge < -0.3 is 15.7 Å². The van der Waals surface area contributed by atoms with Crippen LogP contribution in [0.1, 0.15) is 24.2 Å². The topological polar surface area (TPSA) is 95.5 Å². The summed E-state index contributed by atoms with van der Waals surface area (Å²) >= 11 is 1.83. The van der Waals surface area contributed by atoms with Crippen LogP contribution >= 0.6 is 22.6 Å². The number of rotatable bonds is 3. The third-order valence-electron chi connectivity index (χ3n) is 1.93. The Hall–Kier alpha value is -1.64. The van der Waals surface area contributed by atoms with E-state index in [-0.39, 0.29) is 17.4 Å². The lowest BCUT2D eigenvalue weighted by Crippen LogP contribution is -2.13. The second-order valence-electron chi connectivity index (χ2n) is 3.55. The van der Waals surface area contributed by atoms with Crippen molar-refractivity contribution in [1.29, 1.82) is 0 Å². The molecule has 2 amide bonds. The summed E-state index contributed by atoms with van der Waals surface area (Å²) in [5.74, 6) is -1.76. The maximum atomic E-state index is 11.1. The van der Waals surface area contributed by atoms with Gasteiger partial charge in [-0.05, 0) is 34.7 Å². The molecule has 6 nitrogen and oxygen atoms in total. The molecule has 0 radical (unpaired) electrons. The predicted octanol–water partition coefficient (Wildman–Crippen LogP) is 1.91. The molecule has 18 heavy (non-hydrogen) atoms. The maximum absolute atomic E-state index is 11.1. The Bertz CT molecular complexity index is 528. The largest absolute Gasteiger partial charge is 0.478 e. The zero-order valence-corrected chi connectivity index (χ0v) is 11.9. The Morgan fingerprint density at radius 3 is 2.11 bits per heavy atom. The minimum Gasteiger partial charge on any atom is -0.478 e. The Morgan fingerprint density at radius 2 is 1.67 bits per heavy atom. The minimum atomic E-state index is -1.13. The summed E-state index contributed by atoms with van der Waals surface area (Å²) in [6, 6.07) is 2.85. The number of carboxylic acid groups (broad SMARTS) is 1. The lowest BCUT2D eigenvalue weighted by molar-refractivity contribution is -0.115. The monoisotopic (exact) mass is 362 g/mol. The van der Waals surface area contributed by atoms with Gasteiger partial charge in [-0.2, -0.15) is 0 Å². The molecule has 0 saturated carbocycles. The SMILES string of the molecule is CC(=O)Nc1cc(NC(C)=O)c(I)c(C(=O)O)c1. The van der Waals surface area contributed by atoms with E-state index in [9.17, 15) is 14.4 Å².